The van der Waals surface area contributed by atoms with Crippen LogP contribution in [0.2, 0.25) is 0 Å². The minimum atomic E-state index is -0.298. The number of nitriles is 2. The average molecular weight is 510 g/mol. The number of rotatable bonds is 4. The molecule has 0 saturated carbocycles. The Kier molecular flexibility index (Phi) is 13.3. The first-order valence-corrected chi connectivity index (χ1v) is 9.68. The van der Waals surface area contributed by atoms with E-state index in [2.05, 4.69) is 50.5 Å². The zero-order valence-electron chi connectivity index (χ0n) is 14.8. The molecule has 0 amide bonds. The van der Waals surface area contributed by atoms with E-state index in [9.17, 15) is 9.59 Å². The van der Waals surface area contributed by atoms with E-state index in [1.54, 1.807) is 48.5 Å². The van der Waals surface area contributed by atoms with Gasteiger partial charge in [-0.15, -0.1) is 0 Å². The van der Waals surface area contributed by atoms with Crippen LogP contribution in [0, 0.1) is 22.7 Å². The number of carbonyl (C=O) groups is 2. The molecule has 0 heterocycles. The number of benzene rings is 2. The molecule has 0 fully saturated rings. The molecule has 149 valence electrons. The Morgan fingerprint density at radius 1 is 0.621 bits per heavy atom. The van der Waals surface area contributed by atoms with Crippen molar-refractivity contribution in [2.24, 2.45) is 0 Å². The summed E-state index contributed by atoms with van der Waals surface area (Å²) in [4.78, 5) is 23.3. The van der Waals surface area contributed by atoms with E-state index in [4.69, 9.17) is 10.5 Å². The van der Waals surface area contributed by atoms with Crippen molar-refractivity contribution in [2.75, 3.05) is 0 Å². The van der Waals surface area contributed by atoms with Gasteiger partial charge in [0, 0.05) is 61.6 Å². The number of carbonyl (C=O) groups excluding carboxylic acids is 2. The SMILES string of the molecule is N#CC(C(=O)c1ccccc1)=C([SH2+])[SH2+].N#CC(C(=O)c1ccccc1)=C([SH2+])[SH2+].[Cu+2]. The zero-order valence-corrected chi connectivity index (χ0v) is 19.7. The van der Waals surface area contributed by atoms with Crippen LogP contribution in [-0.2, 0) is 67.6 Å². The zero-order chi connectivity index (χ0) is 21.1. The summed E-state index contributed by atoms with van der Waals surface area (Å²) in [6.07, 6.45) is 0. The number of hydrogen-bond donors (Lipinski definition) is 0. The summed E-state index contributed by atoms with van der Waals surface area (Å²) in [5, 5.41) is 17.5. The number of allylic oxidation sites excluding steroid dienone is 2. The summed E-state index contributed by atoms with van der Waals surface area (Å²) in [6, 6.07) is 21.0. The smallest absolute Gasteiger partial charge is 0.287 e. The molecule has 0 aliphatic rings. The quantitative estimate of drug-likeness (QED) is 0.204. The van der Waals surface area contributed by atoms with E-state index in [1.165, 1.54) is 0 Å². The molecule has 2 rings (SSSR count). The van der Waals surface area contributed by atoms with Crippen molar-refractivity contribution in [2.45, 2.75) is 0 Å². The van der Waals surface area contributed by atoms with E-state index >= 15 is 0 Å². The summed E-state index contributed by atoms with van der Waals surface area (Å²) >= 11 is 12.4. The van der Waals surface area contributed by atoms with Gasteiger partial charge in [-0.3, -0.25) is 9.59 Å². The molecule has 2 aromatic carbocycles. The van der Waals surface area contributed by atoms with E-state index in [0.717, 1.165) is 0 Å². The predicted molar refractivity (Wildman–Crippen MR) is 127 cm³/mol. The van der Waals surface area contributed by atoms with Gasteiger partial charge < -0.3 is 0 Å². The number of ketones is 2. The van der Waals surface area contributed by atoms with E-state index in [-0.39, 0.29) is 39.8 Å². The van der Waals surface area contributed by atoms with Crippen molar-refractivity contribution < 1.29 is 26.7 Å². The molecule has 0 N–H and O–H groups in total. The van der Waals surface area contributed by atoms with Gasteiger partial charge in [-0.05, 0) is 0 Å². The molecule has 29 heavy (non-hydrogen) atoms. The maximum absolute atomic E-state index is 11.7. The molecular weight excluding hydrogens is 492 g/mol. The molecule has 0 spiro atoms. The summed E-state index contributed by atoms with van der Waals surface area (Å²) in [7, 11) is 0. The maximum atomic E-state index is 11.7. The van der Waals surface area contributed by atoms with Crippen LogP contribution < -0.4 is 0 Å². The molecule has 4 nitrogen and oxygen atoms in total. The van der Waals surface area contributed by atoms with Crippen molar-refractivity contribution in [3.05, 3.63) is 91.4 Å². The average Bonchev–Trinajstić information content (AvgIpc) is 2.70. The molecule has 1 radical (unpaired) electrons. The normalized spacial score (nSPS) is 8.62. The Labute approximate surface area is 201 Å². The van der Waals surface area contributed by atoms with Gasteiger partial charge in [-0.2, -0.15) is 10.5 Å². The monoisotopic (exact) mass is 509 g/mol. The van der Waals surface area contributed by atoms with Gasteiger partial charge in [-0.25, -0.2) is 0 Å². The molecule has 2 aromatic rings. The minimum Gasteiger partial charge on any atom is -0.287 e. The molecule has 0 saturated heterocycles. The molecule has 0 aliphatic heterocycles. The third-order valence-electron chi connectivity index (χ3n) is 3.25. The van der Waals surface area contributed by atoms with Gasteiger partial charge >= 0.3 is 25.5 Å². The molecule has 9 heteroatoms. The van der Waals surface area contributed by atoms with Crippen LogP contribution in [0.15, 0.2) is 80.3 Å². The van der Waals surface area contributed by atoms with Crippen molar-refractivity contribution in [3.8, 4) is 12.1 Å². The van der Waals surface area contributed by atoms with Crippen LogP contribution in [0.25, 0.3) is 0 Å². The second kappa shape index (κ2) is 14.2. The van der Waals surface area contributed by atoms with Gasteiger partial charge in [0.15, 0.2) is 0 Å². The Bertz CT molecular complexity index is 917. The summed E-state index contributed by atoms with van der Waals surface area (Å²) in [6.45, 7) is 0. The van der Waals surface area contributed by atoms with E-state index < -0.39 is 0 Å². The Balaban J connectivity index is 0.000000523. The van der Waals surface area contributed by atoms with Crippen LogP contribution in [0.3, 0.4) is 0 Å². The van der Waals surface area contributed by atoms with Gasteiger partial charge in [0.25, 0.3) is 0 Å². The van der Waals surface area contributed by atoms with Crippen LogP contribution in [0.4, 0.5) is 0 Å². The third kappa shape index (κ3) is 8.59. The molecule has 0 bridgehead atoms. The largest absolute Gasteiger partial charge is 2.00 e. The standard InChI is InChI=1S/2C10H7NOS2.Cu/c2*11-6-8(10(13)14)9(12)7-4-2-1-3-5-7;/h2*1-5,13-14H;/q;;+2/p+4. The number of nitrogens with zero attached hydrogens (tertiary/aromatic N) is 2. The number of Topliss-reactive ketones (excluding diaryl/α,β-unsaturated/α-hetero) is 2. The van der Waals surface area contributed by atoms with Crippen LogP contribution in [0.5, 0.6) is 0 Å². The van der Waals surface area contributed by atoms with Crippen LogP contribution in [0.1, 0.15) is 20.7 Å². The fourth-order valence-electron chi connectivity index (χ4n) is 1.91. The van der Waals surface area contributed by atoms with Gasteiger partial charge in [-0.1, -0.05) is 60.7 Å². The van der Waals surface area contributed by atoms with Crippen molar-refractivity contribution in [1.82, 2.24) is 0 Å². The summed E-state index contributed by atoms with van der Waals surface area (Å²) < 4.78 is 0.725. The van der Waals surface area contributed by atoms with Gasteiger partial charge in [0.2, 0.25) is 22.7 Å². The first-order chi connectivity index (χ1) is 13.3. The molecule has 0 atom stereocenters. The second-order valence-corrected chi connectivity index (χ2v) is 8.11. The first-order valence-electron chi connectivity index (χ1n) is 7.68. The van der Waals surface area contributed by atoms with E-state index in [1.807, 2.05) is 24.3 Å². The molecular formula is C20H18CuN2O2S4+6. The molecule has 0 unspecified atom stereocenters. The fraction of sp³-hybridized carbons (Fsp3) is 0. The van der Waals surface area contributed by atoms with Crippen molar-refractivity contribution >= 4 is 62.1 Å². The fourth-order valence-corrected chi connectivity index (χ4v) is 2.59. The van der Waals surface area contributed by atoms with Crippen LogP contribution >= 0.6 is 0 Å². The van der Waals surface area contributed by atoms with Gasteiger partial charge in [0.1, 0.15) is 12.1 Å². The summed E-state index contributed by atoms with van der Waals surface area (Å²) in [5.41, 5.74) is 1.12. The topological polar surface area (TPSA) is 81.7 Å². The predicted octanol–water partition coefficient (Wildman–Crippen LogP) is 1.25. The molecule has 0 aromatic heterocycles. The second-order valence-electron chi connectivity index (χ2n) is 5.11. The molecule has 0 aliphatic carbocycles. The van der Waals surface area contributed by atoms with Crippen molar-refractivity contribution in [3.63, 3.8) is 0 Å². The van der Waals surface area contributed by atoms with E-state index in [0.29, 0.717) is 19.6 Å². The number of hydrogen-bond acceptors (Lipinski definition) is 4. The van der Waals surface area contributed by atoms with Crippen molar-refractivity contribution in [1.29, 1.82) is 10.5 Å². The Morgan fingerprint density at radius 3 is 1.10 bits per heavy atom. The third-order valence-corrected chi connectivity index (χ3v) is 4.25. The Morgan fingerprint density at radius 2 is 0.897 bits per heavy atom. The first kappa shape index (κ1) is 27.2. The maximum Gasteiger partial charge on any atom is 2.00 e. The van der Waals surface area contributed by atoms with Crippen LogP contribution in [-0.4, -0.2) is 11.6 Å². The Hall–Kier alpha value is -1.84. The minimum absolute atomic E-state index is 0. The van der Waals surface area contributed by atoms with Gasteiger partial charge in [0.05, 0.1) is 0 Å². The summed E-state index contributed by atoms with van der Waals surface area (Å²) in [5.74, 6) is -0.596.